The van der Waals surface area contributed by atoms with E-state index in [0.29, 0.717) is 0 Å². The summed E-state index contributed by atoms with van der Waals surface area (Å²) in [5, 5.41) is 1.97. The molecule has 0 saturated carbocycles. The van der Waals surface area contributed by atoms with Gasteiger partial charge in [0.25, 0.3) is 0 Å². The number of hydrogen-bond donors (Lipinski definition) is 1. The molecule has 0 aliphatic carbocycles. The second-order valence-electron chi connectivity index (χ2n) is 2.95. The minimum atomic E-state index is 0.984. The summed E-state index contributed by atoms with van der Waals surface area (Å²) in [6.07, 6.45) is 9.46. The van der Waals surface area contributed by atoms with Gasteiger partial charge in [-0.15, -0.1) is 0 Å². The molecule has 72 valence electrons. The predicted molar refractivity (Wildman–Crippen MR) is 65.0 cm³/mol. The van der Waals surface area contributed by atoms with E-state index in [-0.39, 0.29) is 0 Å². The van der Waals surface area contributed by atoms with Gasteiger partial charge in [-0.25, -0.2) is 0 Å². The molecule has 0 bridgehead atoms. The first kappa shape index (κ1) is 10.3. The van der Waals surface area contributed by atoms with Crippen molar-refractivity contribution in [3.8, 4) is 0 Å². The summed E-state index contributed by atoms with van der Waals surface area (Å²) in [7, 11) is 0. The van der Waals surface area contributed by atoms with Gasteiger partial charge >= 0.3 is 0 Å². The number of nitrogens with one attached hydrogen (secondary N) is 1. The van der Waals surface area contributed by atoms with Crippen molar-refractivity contribution in [3.05, 3.63) is 47.1 Å². The van der Waals surface area contributed by atoms with Gasteiger partial charge in [-0.05, 0) is 19.1 Å². The van der Waals surface area contributed by atoms with E-state index in [1.54, 1.807) is 12.2 Å². The first-order chi connectivity index (χ1) is 6.74. The molecule has 0 saturated heterocycles. The third-order valence-electron chi connectivity index (χ3n) is 2.03. The van der Waals surface area contributed by atoms with Crippen molar-refractivity contribution in [2.75, 3.05) is 0 Å². The summed E-state index contributed by atoms with van der Waals surface area (Å²) in [6.45, 7) is 13.4. The highest BCUT2D eigenvalue weighted by molar-refractivity contribution is 5.63. The van der Waals surface area contributed by atoms with Crippen LogP contribution in [0.1, 0.15) is 18.2 Å². The molecule has 1 heterocycles. The Labute approximate surface area is 84.5 Å². The van der Waals surface area contributed by atoms with Crippen LogP contribution in [-0.2, 0) is 0 Å². The van der Waals surface area contributed by atoms with Crippen molar-refractivity contribution < 1.29 is 0 Å². The highest BCUT2D eigenvalue weighted by Crippen LogP contribution is 2.02. The Balaban J connectivity index is 3.56. The Morgan fingerprint density at radius 2 is 2.00 bits per heavy atom. The summed E-state index contributed by atoms with van der Waals surface area (Å²) in [4.78, 5) is 3.23. The highest BCUT2D eigenvalue weighted by Gasteiger charge is 1.99. The van der Waals surface area contributed by atoms with E-state index in [1.807, 2.05) is 25.2 Å². The second-order valence-corrected chi connectivity index (χ2v) is 2.95. The standard InChI is InChI=1S/C13H15N/c1-5-8-11-10(4)13(9-6-2)14-12(11)7-3/h5-9,14H,2-4H2,1H3/b8-5-,13-9+. The van der Waals surface area contributed by atoms with E-state index in [0.717, 1.165) is 21.8 Å². The highest BCUT2D eigenvalue weighted by atomic mass is 14.7. The van der Waals surface area contributed by atoms with Crippen LogP contribution >= 0.6 is 0 Å². The molecule has 1 heteroatoms. The second kappa shape index (κ2) is 4.47. The first-order valence-electron chi connectivity index (χ1n) is 4.53. The van der Waals surface area contributed by atoms with Gasteiger partial charge in [0.05, 0.1) is 0 Å². The molecule has 0 atom stereocenters. The minimum Gasteiger partial charge on any atom is -0.355 e. The van der Waals surface area contributed by atoms with E-state index in [9.17, 15) is 0 Å². The lowest BCUT2D eigenvalue weighted by atomic mass is 10.2. The van der Waals surface area contributed by atoms with Gasteiger partial charge in [0.1, 0.15) is 0 Å². The number of aromatic amines is 1. The molecular weight excluding hydrogens is 170 g/mol. The number of hydrogen-bond acceptors (Lipinski definition) is 0. The van der Waals surface area contributed by atoms with Crippen molar-refractivity contribution in [2.24, 2.45) is 0 Å². The normalized spacial score (nSPS) is 12.2. The van der Waals surface area contributed by atoms with Crippen LogP contribution in [0.2, 0.25) is 0 Å². The molecule has 0 fully saturated rings. The van der Waals surface area contributed by atoms with E-state index in [4.69, 9.17) is 0 Å². The van der Waals surface area contributed by atoms with E-state index in [1.165, 1.54) is 0 Å². The number of aromatic nitrogens is 1. The Kier molecular flexibility index (Phi) is 3.29. The third kappa shape index (κ3) is 1.77. The molecule has 1 aromatic heterocycles. The first-order valence-corrected chi connectivity index (χ1v) is 4.53. The summed E-state index contributed by atoms with van der Waals surface area (Å²) in [6, 6.07) is 0. The summed E-state index contributed by atoms with van der Waals surface area (Å²) in [5.41, 5.74) is 2.09. The van der Waals surface area contributed by atoms with Gasteiger partial charge in [-0.1, -0.05) is 38.0 Å². The molecular formula is C13H15N. The van der Waals surface area contributed by atoms with E-state index < -0.39 is 0 Å². The van der Waals surface area contributed by atoms with Crippen LogP contribution in [-0.4, -0.2) is 4.98 Å². The third-order valence-corrected chi connectivity index (χ3v) is 2.03. The van der Waals surface area contributed by atoms with E-state index >= 15 is 0 Å². The zero-order valence-corrected chi connectivity index (χ0v) is 8.51. The molecule has 1 N–H and O–H groups in total. The molecule has 0 aliphatic rings. The lowest BCUT2D eigenvalue weighted by Gasteiger charge is -1.88. The van der Waals surface area contributed by atoms with Gasteiger partial charge in [0, 0.05) is 21.8 Å². The largest absolute Gasteiger partial charge is 0.355 e. The van der Waals surface area contributed by atoms with Crippen LogP contribution in [0.4, 0.5) is 0 Å². The van der Waals surface area contributed by atoms with Gasteiger partial charge in [0.15, 0.2) is 0 Å². The Morgan fingerprint density at radius 1 is 1.29 bits per heavy atom. The van der Waals surface area contributed by atoms with Crippen LogP contribution in [0.15, 0.2) is 25.3 Å². The predicted octanol–water partition coefficient (Wildman–Crippen LogP) is 2.07. The molecule has 0 radical (unpaired) electrons. The number of rotatable bonds is 3. The summed E-state index contributed by atoms with van der Waals surface area (Å²) >= 11 is 0. The topological polar surface area (TPSA) is 15.8 Å². The van der Waals surface area contributed by atoms with Crippen LogP contribution in [0.5, 0.6) is 0 Å². The molecule has 0 unspecified atom stereocenters. The Morgan fingerprint density at radius 3 is 2.50 bits per heavy atom. The van der Waals surface area contributed by atoms with Crippen molar-refractivity contribution >= 4 is 24.8 Å². The smallest absolute Gasteiger partial charge is 0.0458 e. The van der Waals surface area contributed by atoms with Crippen molar-refractivity contribution in [3.63, 3.8) is 0 Å². The average Bonchev–Trinajstić information content (AvgIpc) is 2.47. The molecule has 0 aromatic carbocycles. The molecule has 1 rings (SSSR count). The van der Waals surface area contributed by atoms with Gasteiger partial charge in [-0.3, -0.25) is 0 Å². The number of H-pyrrole nitrogens is 1. The maximum Gasteiger partial charge on any atom is 0.0458 e. The zero-order valence-electron chi connectivity index (χ0n) is 8.51. The van der Waals surface area contributed by atoms with Crippen LogP contribution in [0.25, 0.3) is 24.8 Å². The van der Waals surface area contributed by atoms with Gasteiger partial charge < -0.3 is 4.98 Å². The lowest BCUT2D eigenvalue weighted by molar-refractivity contribution is 1.30. The van der Waals surface area contributed by atoms with Crippen LogP contribution in [0, 0.1) is 0 Å². The quantitative estimate of drug-likeness (QED) is 0.742. The summed E-state index contributed by atoms with van der Waals surface area (Å²) in [5.74, 6) is 0. The molecule has 0 spiro atoms. The summed E-state index contributed by atoms with van der Waals surface area (Å²) < 4.78 is 0. The number of allylic oxidation sites excluding steroid dienone is 2. The monoisotopic (exact) mass is 185 g/mol. The molecule has 14 heavy (non-hydrogen) atoms. The molecule has 0 amide bonds. The average molecular weight is 185 g/mol. The van der Waals surface area contributed by atoms with Gasteiger partial charge in [-0.2, -0.15) is 0 Å². The SMILES string of the molecule is C=C/C=c1/[nH]c(C=C)c(/C=C\C)c1=C. The maximum absolute atomic E-state index is 4.02. The van der Waals surface area contributed by atoms with Crippen molar-refractivity contribution in [1.82, 2.24) is 4.98 Å². The fourth-order valence-corrected chi connectivity index (χ4v) is 1.37. The van der Waals surface area contributed by atoms with Crippen LogP contribution < -0.4 is 10.6 Å². The Hall–Kier alpha value is -1.76. The Bertz CT molecular complexity index is 472. The molecule has 1 nitrogen and oxygen atoms in total. The van der Waals surface area contributed by atoms with Crippen molar-refractivity contribution in [1.29, 1.82) is 0 Å². The zero-order chi connectivity index (χ0) is 10.6. The molecule has 0 aliphatic heterocycles. The fraction of sp³-hybridized carbons (Fsp3) is 0.0769. The fourth-order valence-electron chi connectivity index (χ4n) is 1.37. The lowest BCUT2D eigenvalue weighted by Crippen LogP contribution is -2.21. The minimum absolute atomic E-state index is 0.984. The van der Waals surface area contributed by atoms with Crippen molar-refractivity contribution in [2.45, 2.75) is 6.92 Å². The molecule has 1 aromatic rings. The maximum atomic E-state index is 4.02. The van der Waals surface area contributed by atoms with Gasteiger partial charge in [0.2, 0.25) is 0 Å². The van der Waals surface area contributed by atoms with Crippen LogP contribution in [0.3, 0.4) is 0 Å². The van der Waals surface area contributed by atoms with E-state index in [2.05, 4.69) is 24.7 Å².